The van der Waals surface area contributed by atoms with Crippen molar-refractivity contribution >= 4 is 6.21 Å². The first-order valence-corrected chi connectivity index (χ1v) is 4.81. The highest BCUT2D eigenvalue weighted by molar-refractivity contribution is 5.58. The van der Waals surface area contributed by atoms with E-state index in [4.69, 9.17) is 0 Å². The van der Waals surface area contributed by atoms with Crippen molar-refractivity contribution in [3.05, 3.63) is 47.7 Å². The van der Waals surface area contributed by atoms with Gasteiger partial charge in [0.25, 0.3) is 0 Å². The minimum Gasteiger partial charge on any atom is -0.261 e. The summed E-state index contributed by atoms with van der Waals surface area (Å²) in [5.74, 6) is 0. The molecule has 0 aromatic carbocycles. The quantitative estimate of drug-likeness (QED) is 0.467. The molecule has 0 aliphatic heterocycles. The molecular weight excluding hydrogens is 170 g/mol. The zero-order valence-electron chi connectivity index (χ0n) is 9.54. The van der Waals surface area contributed by atoms with E-state index < -0.39 is 0 Å². The van der Waals surface area contributed by atoms with Crippen LogP contribution >= 0.6 is 0 Å². The number of rotatable bonds is 4. The van der Waals surface area contributed by atoms with E-state index in [-0.39, 0.29) is 0 Å². The lowest BCUT2D eigenvalue weighted by atomic mass is 10.1. The first-order chi connectivity index (χ1) is 6.67. The van der Waals surface area contributed by atoms with Crippen molar-refractivity contribution in [2.75, 3.05) is 0 Å². The number of aliphatic imine (C=N–C) groups is 1. The summed E-state index contributed by atoms with van der Waals surface area (Å²) in [5.41, 5.74) is 3.08. The first kappa shape index (κ1) is 12.6. The van der Waals surface area contributed by atoms with Crippen LogP contribution in [-0.2, 0) is 0 Å². The van der Waals surface area contributed by atoms with E-state index in [9.17, 15) is 0 Å². The highest BCUT2D eigenvalue weighted by Crippen LogP contribution is 2.16. The topological polar surface area (TPSA) is 12.4 Å². The Morgan fingerprint density at radius 2 is 1.64 bits per heavy atom. The fourth-order valence-electron chi connectivity index (χ4n) is 1.11. The molecule has 0 aromatic rings. The highest BCUT2D eigenvalue weighted by Gasteiger charge is 1.99. The molecule has 0 aliphatic carbocycles. The lowest BCUT2D eigenvalue weighted by Gasteiger charge is -2.04. The second-order valence-electron chi connectivity index (χ2n) is 2.97. The second kappa shape index (κ2) is 7.07. The van der Waals surface area contributed by atoms with Gasteiger partial charge in [-0.2, -0.15) is 0 Å². The maximum Gasteiger partial charge on any atom is 0.0696 e. The normalized spacial score (nSPS) is 14.3. The van der Waals surface area contributed by atoms with Crippen molar-refractivity contribution in [3.63, 3.8) is 0 Å². The molecule has 0 N–H and O–H groups in total. The first-order valence-electron chi connectivity index (χ1n) is 4.81. The molecule has 1 heteroatoms. The van der Waals surface area contributed by atoms with Gasteiger partial charge in [-0.3, -0.25) is 4.99 Å². The van der Waals surface area contributed by atoms with Crippen molar-refractivity contribution in [1.82, 2.24) is 0 Å². The molecule has 0 heterocycles. The third kappa shape index (κ3) is 4.04. The summed E-state index contributed by atoms with van der Waals surface area (Å²) >= 11 is 0. The van der Waals surface area contributed by atoms with Crippen LogP contribution in [0.4, 0.5) is 0 Å². The standard InChI is InChI=1S/C13H19N/c1-6-9-12(11(4)5)13(10-7-2)14-8-3/h6-10H,4H2,1-3,5H3/b9-6-,10-7-,13-12-,14-8-. The van der Waals surface area contributed by atoms with E-state index in [2.05, 4.69) is 11.6 Å². The lowest BCUT2D eigenvalue weighted by Crippen LogP contribution is -1.86. The van der Waals surface area contributed by atoms with Gasteiger partial charge in [0.2, 0.25) is 0 Å². The molecular formula is C13H19N. The molecule has 0 bridgehead atoms. The van der Waals surface area contributed by atoms with E-state index >= 15 is 0 Å². The molecule has 0 radical (unpaired) electrons. The summed E-state index contributed by atoms with van der Waals surface area (Å²) < 4.78 is 0. The molecule has 14 heavy (non-hydrogen) atoms. The largest absolute Gasteiger partial charge is 0.261 e. The molecule has 0 saturated heterocycles. The number of allylic oxidation sites excluding steroid dienone is 6. The molecule has 0 atom stereocenters. The molecule has 0 aliphatic rings. The average Bonchev–Trinajstić information content (AvgIpc) is 2.13. The van der Waals surface area contributed by atoms with Crippen LogP contribution in [0.25, 0.3) is 0 Å². The maximum absolute atomic E-state index is 4.31. The van der Waals surface area contributed by atoms with Gasteiger partial charge in [0.05, 0.1) is 5.70 Å². The summed E-state index contributed by atoms with van der Waals surface area (Å²) in [4.78, 5) is 4.31. The van der Waals surface area contributed by atoms with Crippen LogP contribution < -0.4 is 0 Å². The van der Waals surface area contributed by atoms with E-state index in [1.807, 2.05) is 52.0 Å². The molecule has 0 rings (SSSR count). The zero-order valence-corrected chi connectivity index (χ0v) is 9.54. The fourth-order valence-corrected chi connectivity index (χ4v) is 1.11. The Bertz CT molecular complexity index is 287. The van der Waals surface area contributed by atoms with E-state index in [1.165, 1.54) is 0 Å². The molecule has 0 unspecified atom stereocenters. The van der Waals surface area contributed by atoms with Crippen LogP contribution in [0.5, 0.6) is 0 Å². The monoisotopic (exact) mass is 189 g/mol. The van der Waals surface area contributed by atoms with E-state index in [1.54, 1.807) is 6.21 Å². The van der Waals surface area contributed by atoms with Crippen LogP contribution in [0, 0.1) is 0 Å². The van der Waals surface area contributed by atoms with E-state index in [0.717, 1.165) is 16.8 Å². The van der Waals surface area contributed by atoms with Gasteiger partial charge in [0.1, 0.15) is 0 Å². The Morgan fingerprint density at radius 1 is 1.07 bits per heavy atom. The predicted octanol–water partition coefficient (Wildman–Crippen LogP) is 4.06. The van der Waals surface area contributed by atoms with Crippen LogP contribution in [0.2, 0.25) is 0 Å². The van der Waals surface area contributed by atoms with Crippen LogP contribution in [0.15, 0.2) is 52.7 Å². The van der Waals surface area contributed by atoms with Crippen molar-refractivity contribution in [3.8, 4) is 0 Å². The van der Waals surface area contributed by atoms with Gasteiger partial charge < -0.3 is 0 Å². The Kier molecular flexibility index (Phi) is 6.38. The van der Waals surface area contributed by atoms with Crippen molar-refractivity contribution in [2.24, 2.45) is 4.99 Å². The number of hydrogen-bond acceptors (Lipinski definition) is 1. The van der Waals surface area contributed by atoms with Gasteiger partial charge in [0, 0.05) is 11.8 Å². The number of nitrogens with zero attached hydrogens (tertiary/aromatic N) is 1. The van der Waals surface area contributed by atoms with Crippen molar-refractivity contribution < 1.29 is 0 Å². The highest BCUT2D eigenvalue weighted by atomic mass is 14.7. The van der Waals surface area contributed by atoms with Gasteiger partial charge in [-0.25, -0.2) is 0 Å². The Hall–Kier alpha value is -1.37. The Labute approximate surface area is 87.3 Å². The summed E-state index contributed by atoms with van der Waals surface area (Å²) in [7, 11) is 0. The van der Waals surface area contributed by atoms with Crippen LogP contribution in [0.1, 0.15) is 27.7 Å². The van der Waals surface area contributed by atoms with Crippen molar-refractivity contribution in [2.45, 2.75) is 27.7 Å². The molecule has 0 fully saturated rings. The third-order valence-corrected chi connectivity index (χ3v) is 1.66. The summed E-state index contributed by atoms with van der Waals surface area (Å²) in [5, 5.41) is 0. The zero-order chi connectivity index (χ0) is 11.0. The summed E-state index contributed by atoms with van der Waals surface area (Å²) in [6.07, 6.45) is 9.80. The van der Waals surface area contributed by atoms with Crippen LogP contribution in [-0.4, -0.2) is 6.21 Å². The van der Waals surface area contributed by atoms with E-state index in [0.29, 0.717) is 0 Å². The van der Waals surface area contributed by atoms with Gasteiger partial charge in [0.15, 0.2) is 0 Å². The average molecular weight is 189 g/mol. The van der Waals surface area contributed by atoms with Gasteiger partial charge in [-0.1, -0.05) is 24.8 Å². The predicted molar refractivity (Wildman–Crippen MR) is 65.6 cm³/mol. The molecule has 0 saturated carbocycles. The number of hydrogen-bond donors (Lipinski definition) is 0. The SMILES string of the molecule is C=C(C)C(/C=C\C)=C(/C=C\C)\N=C/C. The molecule has 76 valence electrons. The molecule has 1 nitrogen and oxygen atoms in total. The molecule has 0 aromatic heterocycles. The Morgan fingerprint density at radius 3 is 2.00 bits per heavy atom. The molecule has 0 spiro atoms. The maximum atomic E-state index is 4.31. The van der Waals surface area contributed by atoms with Crippen molar-refractivity contribution in [1.29, 1.82) is 0 Å². The lowest BCUT2D eigenvalue weighted by molar-refractivity contribution is 1.30. The smallest absolute Gasteiger partial charge is 0.0696 e. The van der Waals surface area contributed by atoms with Crippen LogP contribution in [0.3, 0.4) is 0 Å². The fraction of sp³-hybridized carbons (Fsp3) is 0.308. The molecule has 0 amide bonds. The Balaban J connectivity index is 5.36. The minimum absolute atomic E-state index is 0.959. The summed E-state index contributed by atoms with van der Waals surface area (Å²) in [6, 6.07) is 0. The minimum atomic E-state index is 0.959. The second-order valence-corrected chi connectivity index (χ2v) is 2.97. The van der Waals surface area contributed by atoms with Gasteiger partial charge in [-0.15, -0.1) is 0 Å². The van der Waals surface area contributed by atoms with Gasteiger partial charge >= 0.3 is 0 Å². The summed E-state index contributed by atoms with van der Waals surface area (Å²) in [6.45, 7) is 11.8. The van der Waals surface area contributed by atoms with Gasteiger partial charge in [-0.05, 0) is 39.3 Å². The third-order valence-electron chi connectivity index (χ3n) is 1.66.